The summed E-state index contributed by atoms with van der Waals surface area (Å²) in [6.07, 6.45) is 8.80. The molecule has 0 bridgehead atoms. The van der Waals surface area contributed by atoms with Gasteiger partial charge in [-0.05, 0) is 25.3 Å². The molecule has 0 radical (unpaired) electrons. The highest BCUT2D eigenvalue weighted by atomic mass is 15.3. The van der Waals surface area contributed by atoms with Gasteiger partial charge in [-0.1, -0.05) is 30.3 Å². The van der Waals surface area contributed by atoms with Crippen molar-refractivity contribution in [1.29, 1.82) is 0 Å². The Kier molecular flexibility index (Phi) is 4.18. The standard InChI is InChI=1S/C18H20N6/c1-2-6-15(7-3-1)18-20-10-9-17(22-18)24-11-5-4-8-16(24)12-23-14-19-13-21-23/h1-3,6-7,9-10,13-14,16H,4-5,8,11-12H2/t16-/m1/s1. The SMILES string of the molecule is c1ccc(-c2nccc(N3CCCC[C@@H]3Cn3cncn3)n2)cc1. The number of anilines is 1. The second-order valence-corrected chi connectivity index (χ2v) is 6.06. The first-order chi connectivity index (χ1) is 11.9. The van der Waals surface area contributed by atoms with Crippen LogP contribution >= 0.6 is 0 Å². The maximum atomic E-state index is 4.82. The van der Waals surface area contributed by atoms with E-state index < -0.39 is 0 Å². The Hall–Kier alpha value is -2.76. The van der Waals surface area contributed by atoms with Crippen LogP contribution in [-0.4, -0.2) is 37.3 Å². The van der Waals surface area contributed by atoms with E-state index in [0.29, 0.717) is 6.04 Å². The Morgan fingerprint density at radius 1 is 1.08 bits per heavy atom. The van der Waals surface area contributed by atoms with Crippen molar-refractivity contribution in [2.24, 2.45) is 0 Å². The summed E-state index contributed by atoms with van der Waals surface area (Å²) >= 11 is 0. The molecule has 24 heavy (non-hydrogen) atoms. The van der Waals surface area contributed by atoms with E-state index in [-0.39, 0.29) is 0 Å². The van der Waals surface area contributed by atoms with Gasteiger partial charge < -0.3 is 4.90 Å². The summed E-state index contributed by atoms with van der Waals surface area (Å²) in [6, 6.07) is 12.5. The fraction of sp³-hybridized carbons (Fsp3) is 0.333. The Bertz CT molecular complexity index is 771. The average Bonchev–Trinajstić information content (AvgIpc) is 3.16. The molecule has 0 N–H and O–H groups in total. The zero-order valence-electron chi connectivity index (χ0n) is 13.5. The third-order valence-electron chi connectivity index (χ3n) is 4.46. The van der Waals surface area contributed by atoms with E-state index in [0.717, 1.165) is 36.7 Å². The minimum Gasteiger partial charge on any atom is -0.352 e. The Morgan fingerprint density at radius 3 is 2.83 bits per heavy atom. The number of hydrogen-bond acceptors (Lipinski definition) is 5. The fourth-order valence-corrected chi connectivity index (χ4v) is 3.27. The van der Waals surface area contributed by atoms with Gasteiger partial charge in [-0.3, -0.25) is 4.68 Å². The normalized spacial score (nSPS) is 17.8. The molecule has 0 spiro atoms. The van der Waals surface area contributed by atoms with Crippen molar-refractivity contribution in [1.82, 2.24) is 24.7 Å². The summed E-state index contributed by atoms with van der Waals surface area (Å²) in [4.78, 5) is 15.7. The first-order valence-electron chi connectivity index (χ1n) is 8.38. The Morgan fingerprint density at radius 2 is 2.00 bits per heavy atom. The molecule has 0 saturated carbocycles. The van der Waals surface area contributed by atoms with Crippen molar-refractivity contribution in [2.75, 3.05) is 11.4 Å². The summed E-state index contributed by atoms with van der Waals surface area (Å²) in [7, 11) is 0. The number of piperidine rings is 1. The molecular weight excluding hydrogens is 300 g/mol. The quantitative estimate of drug-likeness (QED) is 0.740. The molecular formula is C18H20N6. The largest absolute Gasteiger partial charge is 0.352 e. The van der Waals surface area contributed by atoms with Crippen molar-refractivity contribution in [2.45, 2.75) is 31.8 Å². The van der Waals surface area contributed by atoms with E-state index in [1.165, 1.54) is 12.8 Å². The monoisotopic (exact) mass is 320 g/mol. The van der Waals surface area contributed by atoms with E-state index in [9.17, 15) is 0 Å². The summed E-state index contributed by atoms with van der Waals surface area (Å²) < 4.78 is 1.91. The molecule has 3 heterocycles. The van der Waals surface area contributed by atoms with Crippen LogP contribution in [0.3, 0.4) is 0 Å². The van der Waals surface area contributed by atoms with Crippen LogP contribution in [0.1, 0.15) is 19.3 Å². The molecule has 1 saturated heterocycles. The van der Waals surface area contributed by atoms with Crippen LogP contribution in [0.5, 0.6) is 0 Å². The molecule has 0 unspecified atom stereocenters. The lowest BCUT2D eigenvalue weighted by atomic mass is 10.0. The topological polar surface area (TPSA) is 59.7 Å². The molecule has 122 valence electrons. The van der Waals surface area contributed by atoms with Gasteiger partial charge in [0, 0.05) is 18.3 Å². The van der Waals surface area contributed by atoms with Crippen LogP contribution in [0.4, 0.5) is 5.82 Å². The van der Waals surface area contributed by atoms with Gasteiger partial charge in [0.2, 0.25) is 0 Å². The van der Waals surface area contributed by atoms with E-state index in [1.54, 1.807) is 12.7 Å². The molecule has 0 amide bonds. The number of benzene rings is 1. The highest BCUT2D eigenvalue weighted by molar-refractivity contribution is 5.57. The van der Waals surface area contributed by atoms with Gasteiger partial charge in [0.1, 0.15) is 18.5 Å². The average molecular weight is 320 g/mol. The molecule has 6 heteroatoms. The van der Waals surface area contributed by atoms with Crippen molar-refractivity contribution in [3.63, 3.8) is 0 Å². The van der Waals surface area contributed by atoms with Crippen molar-refractivity contribution < 1.29 is 0 Å². The predicted molar refractivity (Wildman–Crippen MR) is 92.5 cm³/mol. The minimum absolute atomic E-state index is 0.388. The molecule has 1 atom stereocenters. The zero-order valence-corrected chi connectivity index (χ0v) is 13.5. The summed E-state index contributed by atoms with van der Waals surface area (Å²) in [6.45, 7) is 1.86. The highest BCUT2D eigenvalue weighted by Crippen LogP contribution is 2.25. The van der Waals surface area contributed by atoms with Crippen LogP contribution < -0.4 is 4.90 Å². The van der Waals surface area contributed by atoms with Gasteiger partial charge in [0.15, 0.2) is 5.82 Å². The van der Waals surface area contributed by atoms with Gasteiger partial charge in [-0.25, -0.2) is 15.0 Å². The molecule has 1 aliphatic heterocycles. The second kappa shape index (κ2) is 6.78. The summed E-state index contributed by atoms with van der Waals surface area (Å²) in [5.74, 6) is 1.77. The summed E-state index contributed by atoms with van der Waals surface area (Å²) in [5, 5.41) is 4.25. The van der Waals surface area contributed by atoms with Gasteiger partial charge >= 0.3 is 0 Å². The second-order valence-electron chi connectivity index (χ2n) is 6.06. The van der Waals surface area contributed by atoms with Crippen LogP contribution in [0.15, 0.2) is 55.2 Å². The van der Waals surface area contributed by atoms with Crippen LogP contribution in [0, 0.1) is 0 Å². The van der Waals surface area contributed by atoms with Gasteiger partial charge in [0.05, 0.1) is 12.6 Å². The molecule has 2 aromatic heterocycles. The molecule has 1 aliphatic rings. The van der Waals surface area contributed by atoms with Crippen molar-refractivity contribution in [3.05, 3.63) is 55.2 Å². The molecule has 1 fully saturated rings. The first-order valence-corrected chi connectivity index (χ1v) is 8.38. The smallest absolute Gasteiger partial charge is 0.161 e. The van der Waals surface area contributed by atoms with E-state index in [4.69, 9.17) is 4.98 Å². The molecule has 1 aromatic carbocycles. The third-order valence-corrected chi connectivity index (χ3v) is 4.46. The Balaban J connectivity index is 1.61. The van der Waals surface area contributed by atoms with Gasteiger partial charge in [-0.15, -0.1) is 0 Å². The maximum Gasteiger partial charge on any atom is 0.161 e. The Labute approximate surface area is 141 Å². The number of rotatable bonds is 4. The maximum absolute atomic E-state index is 4.82. The lowest BCUT2D eigenvalue weighted by Gasteiger charge is -2.36. The highest BCUT2D eigenvalue weighted by Gasteiger charge is 2.24. The minimum atomic E-state index is 0.388. The van der Waals surface area contributed by atoms with Crippen LogP contribution in [0.2, 0.25) is 0 Å². The molecule has 0 aliphatic carbocycles. The van der Waals surface area contributed by atoms with Crippen molar-refractivity contribution >= 4 is 5.82 Å². The molecule has 3 aromatic rings. The van der Waals surface area contributed by atoms with E-state index in [2.05, 4.69) is 20.0 Å². The summed E-state index contributed by atoms with van der Waals surface area (Å²) in [5.41, 5.74) is 1.05. The predicted octanol–water partition coefficient (Wildman–Crippen LogP) is 2.79. The lowest BCUT2D eigenvalue weighted by Crippen LogP contribution is -2.42. The first kappa shape index (κ1) is 14.8. The third kappa shape index (κ3) is 3.13. The van der Waals surface area contributed by atoms with E-state index >= 15 is 0 Å². The molecule has 6 nitrogen and oxygen atoms in total. The van der Waals surface area contributed by atoms with Gasteiger partial charge in [0.25, 0.3) is 0 Å². The van der Waals surface area contributed by atoms with E-state index in [1.807, 2.05) is 47.3 Å². The number of hydrogen-bond donors (Lipinski definition) is 0. The number of nitrogens with zero attached hydrogens (tertiary/aromatic N) is 6. The van der Waals surface area contributed by atoms with Crippen LogP contribution in [0.25, 0.3) is 11.4 Å². The van der Waals surface area contributed by atoms with Crippen LogP contribution in [-0.2, 0) is 6.54 Å². The molecule has 4 rings (SSSR count). The van der Waals surface area contributed by atoms with Gasteiger partial charge in [-0.2, -0.15) is 5.10 Å². The number of aromatic nitrogens is 5. The lowest BCUT2D eigenvalue weighted by molar-refractivity contribution is 0.396. The van der Waals surface area contributed by atoms with Crippen molar-refractivity contribution in [3.8, 4) is 11.4 Å². The fourth-order valence-electron chi connectivity index (χ4n) is 3.27. The zero-order chi connectivity index (χ0) is 16.2.